The van der Waals surface area contributed by atoms with E-state index >= 15 is 0 Å². The maximum absolute atomic E-state index is 2.46. The molecule has 0 saturated heterocycles. The van der Waals surface area contributed by atoms with Crippen molar-refractivity contribution in [2.45, 2.75) is 584 Å². The van der Waals surface area contributed by atoms with E-state index in [1.807, 2.05) is 0 Å². The minimum atomic E-state index is 0.517. The standard InChI is InChI=1S/C19H38.C13H26.2C10H20.3C9H18.2C8H16.C7H14/c1-3-5-6-7-8-9-10-11-12-13-16-19(4-2)17-14-15-18-19;1-3-5-6-7-10-13(4-2)11-8-9-12-13;1-9(2,3)10(4)7-5-6-8-10;1-9(2)10(3)7-5-4-6-8-10;1-8(2)9(3)6-4-5-7-9;1-3-9(2)7-5-4-6-8-9;1-3-9(4-2)7-5-6-8-9;1-8(2)6-4-3-5-7-8;1-3-8(2)6-4-5-7-8;1-7(2)5-3-4-6-7/h3-18H2,1-2H3;3-12H2,1-2H3;5-8H2,1-4H3;9H,4-8H2,1-3H3;8H,4-7H2,1-3H3;2*3-8H2,1-2H3;2*3-7H2,1-2H3;3-6H2,1-2H3. The first-order valence-electron chi connectivity index (χ1n) is 48.2. The Morgan fingerprint density at radius 1 is 0.225 bits per heavy atom. The molecule has 612 valence electrons. The summed E-state index contributed by atoms with van der Waals surface area (Å²) in [6.45, 7) is 57.0. The fourth-order valence-corrected chi connectivity index (χ4v) is 20.6. The highest BCUT2D eigenvalue weighted by atomic mass is 14.5. The van der Waals surface area contributed by atoms with Crippen LogP contribution in [0.5, 0.6) is 0 Å². The SMILES string of the molecule is CC(C)(C)C1(C)CCCC1.CC(C)C1(C)CCCC1.CC(C)C1(C)CCCCC1.CC1(C)CCCC1.CC1(C)CCCCC1.CCC1(C)CCCC1.CCC1(C)CCCCC1.CCC1(CC)CCCC1.CCCCCCC1(CC)CCCC1.CCCCCCCCCCCCC1(CC)CCCC1. The molecule has 0 aromatic carbocycles. The molecule has 0 aromatic heterocycles. The molecule has 0 atom stereocenters. The van der Waals surface area contributed by atoms with Crippen molar-refractivity contribution in [3.63, 3.8) is 0 Å². The number of hydrogen-bond donors (Lipinski definition) is 0. The fraction of sp³-hybridized carbons (Fsp3) is 1.00. The van der Waals surface area contributed by atoms with Gasteiger partial charge in [0.1, 0.15) is 0 Å². The van der Waals surface area contributed by atoms with Crippen LogP contribution in [0, 0.1) is 71.4 Å². The summed E-state index contributed by atoms with van der Waals surface area (Å²) >= 11 is 0. The Morgan fingerprint density at radius 2 is 0.441 bits per heavy atom. The molecule has 102 heavy (non-hydrogen) atoms. The lowest BCUT2D eigenvalue weighted by Gasteiger charge is -2.38. The third-order valence-corrected chi connectivity index (χ3v) is 32.4. The molecule has 0 bridgehead atoms. The summed E-state index contributed by atoms with van der Waals surface area (Å²) < 4.78 is 0. The Hall–Kier alpha value is 0. The lowest BCUT2D eigenvalue weighted by molar-refractivity contribution is 0.117. The van der Waals surface area contributed by atoms with Crippen LogP contribution in [0.1, 0.15) is 584 Å². The number of hydrogen-bond acceptors (Lipinski definition) is 0. The van der Waals surface area contributed by atoms with Gasteiger partial charge < -0.3 is 0 Å². The molecule has 10 fully saturated rings. The van der Waals surface area contributed by atoms with Crippen molar-refractivity contribution in [1.29, 1.82) is 0 Å². The first-order chi connectivity index (χ1) is 48.2. The van der Waals surface area contributed by atoms with Gasteiger partial charge in [0.15, 0.2) is 0 Å². The molecule has 0 radical (unpaired) electrons. The van der Waals surface area contributed by atoms with Gasteiger partial charge in [-0.2, -0.15) is 0 Å². The van der Waals surface area contributed by atoms with Crippen molar-refractivity contribution in [3.05, 3.63) is 0 Å². The summed E-state index contributed by atoms with van der Waals surface area (Å²) in [5.74, 6) is 1.77. The van der Waals surface area contributed by atoms with E-state index in [0.29, 0.717) is 32.5 Å². The Kier molecular flexibility index (Phi) is 52.8. The van der Waals surface area contributed by atoms with Crippen molar-refractivity contribution in [2.24, 2.45) is 71.4 Å². The Labute approximate surface area is 651 Å². The van der Waals surface area contributed by atoms with E-state index in [0.717, 1.165) is 38.9 Å². The zero-order chi connectivity index (χ0) is 76.6. The van der Waals surface area contributed by atoms with Gasteiger partial charge in [0, 0.05) is 0 Å². The highest BCUT2D eigenvalue weighted by molar-refractivity contribution is 4.91. The van der Waals surface area contributed by atoms with Gasteiger partial charge in [-0.3, -0.25) is 0 Å². The van der Waals surface area contributed by atoms with Gasteiger partial charge in [0.05, 0.1) is 0 Å². The summed E-state index contributed by atoms with van der Waals surface area (Å²) in [5, 5.41) is 0. The van der Waals surface area contributed by atoms with Gasteiger partial charge in [-0.05, 0) is 213 Å². The molecule has 0 N–H and O–H groups in total. The van der Waals surface area contributed by atoms with E-state index in [-0.39, 0.29) is 0 Å². The third kappa shape index (κ3) is 42.4. The molecule has 0 aliphatic heterocycles. The normalized spacial score (nSPS) is 23.8. The third-order valence-electron chi connectivity index (χ3n) is 32.4. The van der Waals surface area contributed by atoms with Crippen LogP contribution in [0.25, 0.3) is 0 Å². The van der Waals surface area contributed by atoms with E-state index in [1.54, 1.807) is 0 Å². The number of rotatable bonds is 24. The van der Waals surface area contributed by atoms with Crippen LogP contribution in [0.2, 0.25) is 0 Å². The quantitative estimate of drug-likeness (QED) is 0.0845. The second-order valence-electron chi connectivity index (χ2n) is 42.9. The largest absolute Gasteiger partial charge is 0.0654 e. The second kappa shape index (κ2) is 53.8. The maximum Gasteiger partial charge on any atom is -0.0277 e. The van der Waals surface area contributed by atoms with Gasteiger partial charge in [-0.1, -0.05) is 442 Å². The van der Waals surface area contributed by atoms with Crippen molar-refractivity contribution in [3.8, 4) is 0 Å². The Balaban J connectivity index is 0.000000575. The lowest BCUT2D eigenvalue weighted by atomic mass is 9.67. The minimum Gasteiger partial charge on any atom is -0.0654 e. The minimum absolute atomic E-state index is 0.517. The maximum atomic E-state index is 2.46. The van der Waals surface area contributed by atoms with Crippen molar-refractivity contribution in [1.82, 2.24) is 0 Å². The van der Waals surface area contributed by atoms with Crippen LogP contribution in [0.15, 0.2) is 0 Å². The van der Waals surface area contributed by atoms with E-state index in [9.17, 15) is 0 Å². The van der Waals surface area contributed by atoms with Gasteiger partial charge in [-0.25, -0.2) is 0 Å². The molecule has 0 aromatic rings. The van der Waals surface area contributed by atoms with Crippen LogP contribution >= 0.6 is 0 Å². The first-order valence-corrected chi connectivity index (χ1v) is 48.2. The predicted molar refractivity (Wildman–Crippen MR) is 470 cm³/mol. The molecular formula is C102H204. The summed E-state index contributed by atoms with van der Waals surface area (Å²) in [6.07, 6.45) is 95.5. The fourth-order valence-electron chi connectivity index (χ4n) is 20.6. The topological polar surface area (TPSA) is 0 Å². The second-order valence-corrected chi connectivity index (χ2v) is 42.9. The Bertz CT molecular complexity index is 1830. The molecule has 0 unspecified atom stereocenters. The van der Waals surface area contributed by atoms with Gasteiger partial charge in [0.25, 0.3) is 0 Å². The zero-order valence-electron chi connectivity index (χ0n) is 76.6. The average molecular weight is 1430 g/mol. The summed E-state index contributed by atoms with van der Waals surface area (Å²) in [4.78, 5) is 0. The molecular weight excluding hydrogens is 1230 g/mol. The van der Waals surface area contributed by atoms with Crippen LogP contribution in [0.4, 0.5) is 0 Å². The smallest absolute Gasteiger partial charge is 0.0277 e. The molecule has 10 rings (SSSR count). The first kappa shape index (κ1) is 100. The van der Waals surface area contributed by atoms with Crippen LogP contribution in [0.3, 0.4) is 0 Å². The van der Waals surface area contributed by atoms with Gasteiger partial charge in [-0.15, -0.1) is 0 Å². The van der Waals surface area contributed by atoms with Crippen LogP contribution in [-0.4, -0.2) is 0 Å². The summed E-state index contributed by atoms with van der Waals surface area (Å²) in [7, 11) is 0. The zero-order valence-corrected chi connectivity index (χ0v) is 76.6. The summed E-state index contributed by atoms with van der Waals surface area (Å²) in [6, 6.07) is 0. The lowest BCUT2D eigenvalue weighted by Crippen LogP contribution is -2.29. The van der Waals surface area contributed by atoms with E-state index in [4.69, 9.17) is 0 Å². The van der Waals surface area contributed by atoms with Crippen LogP contribution < -0.4 is 0 Å². The van der Waals surface area contributed by atoms with Gasteiger partial charge in [0.2, 0.25) is 0 Å². The highest BCUT2D eigenvalue weighted by Crippen LogP contribution is 2.52. The predicted octanol–water partition coefficient (Wildman–Crippen LogP) is 37.9. The molecule has 0 spiro atoms. The van der Waals surface area contributed by atoms with Crippen molar-refractivity contribution >= 4 is 0 Å². The molecule has 0 heterocycles. The molecule has 0 heteroatoms. The number of unbranched alkanes of at least 4 members (excludes halogenated alkanes) is 12. The molecule has 10 saturated carbocycles. The van der Waals surface area contributed by atoms with E-state index in [2.05, 4.69) is 166 Å². The van der Waals surface area contributed by atoms with Crippen molar-refractivity contribution < 1.29 is 0 Å². The van der Waals surface area contributed by atoms with Gasteiger partial charge >= 0.3 is 0 Å². The molecule has 10 aliphatic rings. The van der Waals surface area contributed by atoms with E-state index in [1.165, 1.54) is 417 Å². The highest BCUT2D eigenvalue weighted by Gasteiger charge is 2.40. The molecule has 10 aliphatic carbocycles. The van der Waals surface area contributed by atoms with E-state index < -0.39 is 0 Å². The van der Waals surface area contributed by atoms with Crippen LogP contribution in [-0.2, 0) is 0 Å². The molecule has 0 nitrogen and oxygen atoms in total. The average Bonchev–Trinajstić information content (AvgIpc) is 1.61. The molecule has 0 amide bonds. The summed E-state index contributed by atoms with van der Waals surface area (Å²) in [5.41, 5.74) is 7.69. The van der Waals surface area contributed by atoms with Crippen molar-refractivity contribution in [2.75, 3.05) is 0 Å². The monoisotopic (exact) mass is 1430 g/mol. The Morgan fingerprint density at radius 3 is 0.647 bits per heavy atom.